The summed E-state index contributed by atoms with van der Waals surface area (Å²) in [5.74, 6) is -0.365. The van der Waals surface area contributed by atoms with Crippen LogP contribution in [-0.4, -0.2) is 63.9 Å². The first-order valence-electron chi connectivity index (χ1n) is 8.96. The highest BCUT2D eigenvalue weighted by Crippen LogP contribution is 2.18. The lowest BCUT2D eigenvalue weighted by Gasteiger charge is -2.32. The number of rotatable bonds is 6. The van der Waals surface area contributed by atoms with Gasteiger partial charge >= 0.3 is 6.09 Å². The van der Waals surface area contributed by atoms with Gasteiger partial charge in [-0.2, -0.15) is 0 Å². The molecule has 27 heavy (non-hydrogen) atoms. The lowest BCUT2D eigenvalue weighted by molar-refractivity contribution is -0.120. The summed E-state index contributed by atoms with van der Waals surface area (Å²) in [4.78, 5) is 25.7. The van der Waals surface area contributed by atoms with Gasteiger partial charge in [0.2, 0.25) is 15.9 Å². The van der Waals surface area contributed by atoms with Crippen LogP contribution >= 0.6 is 0 Å². The summed E-state index contributed by atoms with van der Waals surface area (Å²) in [5.41, 5.74) is 1.46. The summed E-state index contributed by atoms with van der Waals surface area (Å²) >= 11 is 0. The summed E-state index contributed by atoms with van der Waals surface area (Å²) in [6.45, 7) is 4.71. The molecule has 9 heteroatoms. The fourth-order valence-corrected chi connectivity index (χ4v) is 3.79. The Balaban J connectivity index is 1.93. The van der Waals surface area contributed by atoms with Crippen LogP contribution in [-0.2, 0) is 19.6 Å². The molecule has 0 bridgehead atoms. The molecule has 150 valence electrons. The van der Waals surface area contributed by atoms with E-state index >= 15 is 0 Å². The Morgan fingerprint density at radius 2 is 1.81 bits per heavy atom. The van der Waals surface area contributed by atoms with Crippen LogP contribution < -0.4 is 9.62 Å². The zero-order valence-corrected chi connectivity index (χ0v) is 16.8. The SMILES string of the molecule is CCOC(=O)N1CCC(NC(=O)CN(c2ccc(C)cc2)S(C)(=O)=O)CC1. The first-order valence-corrected chi connectivity index (χ1v) is 10.8. The van der Waals surface area contributed by atoms with Crippen LogP contribution in [0, 0.1) is 6.92 Å². The molecule has 0 aromatic heterocycles. The maximum Gasteiger partial charge on any atom is 0.409 e. The highest BCUT2D eigenvalue weighted by molar-refractivity contribution is 7.92. The first-order chi connectivity index (χ1) is 12.7. The van der Waals surface area contributed by atoms with Crippen molar-refractivity contribution in [3.05, 3.63) is 29.8 Å². The van der Waals surface area contributed by atoms with E-state index in [0.29, 0.717) is 38.2 Å². The molecule has 1 heterocycles. The lowest BCUT2D eigenvalue weighted by Crippen LogP contribution is -2.49. The zero-order valence-electron chi connectivity index (χ0n) is 16.0. The topological polar surface area (TPSA) is 96.0 Å². The number of hydrogen-bond donors (Lipinski definition) is 1. The minimum atomic E-state index is -3.59. The number of carbonyl (C=O) groups excluding carboxylic acids is 2. The average molecular weight is 397 g/mol. The summed E-state index contributed by atoms with van der Waals surface area (Å²) in [6.07, 6.45) is 1.95. The molecule has 0 saturated carbocycles. The molecule has 8 nitrogen and oxygen atoms in total. The van der Waals surface area contributed by atoms with Crippen LogP contribution in [0.5, 0.6) is 0 Å². The number of nitrogens with zero attached hydrogens (tertiary/aromatic N) is 2. The van der Waals surface area contributed by atoms with Crippen LogP contribution in [0.15, 0.2) is 24.3 Å². The number of likely N-dealkylation sites (tertiary alicyclic amines) is 1. The molecule has 1 aliphatic rings. The second-order valence-electron chi connectivity index (χ2n) is 6.63. The Morgan fingerprint density at radius 1 is 1.22 bits per heavy atom. The second-order valence-corrected chi connectivity index (χ2v) is 8.54. The van der Waals surface area contributed by atoms with Crippen molar-refractivity contribution in [1.29, 1.82) is 0 Å². The smallest absolute Gasteiger partial charge is 0.409 e. The number of aryl methyl sites for hydroxylation is 1. The van der Waals surface area contributed by atoms with Gasteiger partial charge in [0.25, 0.3) is 0 Å². The largest absolute Gasteiger partial charge is 0.450 e. The van der Waals surface area contributed by atoms with Crippen molar-refractivity contribution < 1.29 is 22.7 Å². The number of carbonyl (C=O) groups is 2. The molecule has 0 aliphatic carbocycles. The Hall–Kier alpha value is -2.29. The van der Waals surface area contributed by atoms with Crippen LogP contribution in [0.4, 0.5) is 10.5 Å². The summed E-state index contributed by atoms with van der Waals surface area (Å²) in [7, 11) is -3.59. The van der Waals surface area contributed by atoms with Gasteiger partial charge in [-0.1, -0.05) is 17.7 Å². The number of ether oxygens (including phenoxy) is 1. The van der Waals surface area contributed by atoms with E-state index in [-0.39, 0.29) is 24.6 Å². The van der Waals surface area contributed by atoms with Crippen molar-refractivity contribution in [1.82, 2.24) is 10.2 Å². The predicted octanol–water partition coefficient (Wildman–Crippen LogP) is 1.50. The van der Waals surface area contributed by atoms with Gasteiger partial charge in [-0.25, -0.2) is 13.2 Å². The highest BCUT2D eigenvalue weighted by atomic mass is 32.2. The monoisotopic (exact) mass is 397 g/mol. The molecule has 0 unspecified atom stereocenters. The molecule has 2 rings (SSSR count). The van der Waals surface area contributed by atoms with Gasteiger partial charge in [0.05, 0.1) is 18.6 Å². The number of sulfonamides is 1. The van der Waals surface area contributed by atoms with Gasteiger partial charge in [0.1, 0.15) is 6.54 Å². The Kier molecular flexibility index (Phi) is 7.06. The minimum Gasteiger partial charge on any atom is -0.450 e. The first kappa shape index (κ1) is 21.0. The van der Waals surface area contributed by atoms with E-state index in [1.54, 1.807) is 36.1 Å². The van der Waals surface area contributed by atoms with Crippen molar-refractivity contribution in [2.45, 2.75) is 32.7 Å². The molecule has 0 atom stereocenters. The van der Waals surface area contributed by atoms with E-state index in [4.69, 9.17) is 4.74 Å². The van der Waals surface area contributed by atoms with E-state index in [1.165, 1.54) is 0 Å². The zero-order chi connectivity index (χ0) is 20.0. The Labute approximate surface area is 160 Å². The van der Waals surface area contributed by atoms with Gasteiger partial charge in [-0.05, 0) is 38.8 Å². The van der Waals surface area contributed by atoms with Crippen LogP contribution in [0.3, 0.4) is 0 Å². The Bertz CT molecular complexity index is 756. The van der Waals surface area contributed by atoms with Gasteiger partial charge < -0.3 is 15.0 Å². The highest BCUT2D eigenvalue weighted by Gasteiger charge is 2.26. The van der Waals surface area contributed by atoms with E-state index in [2.05, 4.69) is 5.32 Å². The standard InChI is InChI=1S/C18H27N3O5S/c1-4-26-18(23)20-11-9-15(10-12-20)19-17(22)13-21(27(3,24)25)16-7-5-14(2)6-8-16/h5-8,15H,4,9-13H2,1-3H3,(H,19,22). The minimum absolute atomic E-state index is 0.0948. The van der Waals surface area contributed by atoms with E-state index in [1.807, 2.05) is 6.92 Å². The molecule has 1 aromatic carbocycles. The van der Waals surface area contributed by atoms with Crippen LogP contribution in [0.25, 0.3) is 0 Å². The predicted molar refractivity (Wildman–Crippen MR) is 103 cm³/mol. The van der Waals surface area contributed by atoms with Crippen molar-refractivity contribution in [3.63, 3.8) is 0 Å². The quantitative estimate of drug-likeness (QED) is 0.785. The molecule has 1 N–H and O–H groups in total. The molecule has 1 saturated heterocycles. The van der Waals surface area contributed by atoms with Crippen molar-refractivity contribution >= 4 is 27.7 Å². The van der Waals surface area contributed by atoms with Crippen LogP contribution in [0.2, 0.25) is 0 Å². The number of piperidine rings is 1. The third-order valence-electron chi connectivity index (χ3n) is 4.40. The van der Waals surface area contributed by atoms with Crippen LogP contribution in [0.1, 0.15) is 25.3 Å². The maximum absolute atomic E-state index is 12.4. The molecule has 0 radical (unpaired) electrons. The number of anilines is 1. The second kappa shape index (κ2) is 9.07. The lowest BCUT2D eigenvalue weighted by atomic mass is 10.1. The molecule has 1 aliphatic heterocycles. The molecular weight excluding hydrogens is 370 g/mol. The van der Waals surface area contributed by atoms with Gasteiger partial charge in [0, 0.05) is 19.1 Å². The molecule has 0 spiro atoms. The number of hydrogen-bond acceptors (Lipinski definition) is 5. The number of benzene rings is 1. The fraction of sp³-hybridized carbons (Fsp3) is 0.556. The van der Waals surface area contributed by atoms with E-state index < -0.39 is 10.0 Å². The number of nitrogens with one attached hydrogen (secondary N) is 1. The number of amides is 2. The average Bonchev–Trinajstić information content (AvgIpc) is 2.60. The van der Waals surface area contributed by atoms with E-state index in [9.17, 15) is 18.0 Å². The summed E-state index contributed by atoms with van der Waals surface area (Å²) in [6, 6.07) is 6.87. The van der Waals surface area contributed by atoms with Crippen molar-refractivity contribution in [3.8, 4) is 0 Å². The summed E-state index contributed by atoms with van der Waals surface area (Å²) in [5, 5.41) is 2.87. The third-order valence-corrected chi connectivity index (χ3v) is 5.54. The molecule has 2 amide bonds. The summed E-state index contributed by atoms with van der Waals surface area (Å²) < 4.78 is 30.3. The third kappa shape index (κ3) is 6.13. The van der Waals surface area contributed by atoms with Crippen molar-refractivity contribution in [2.75, 3.05) is 36.8 Å². The normalized spacial score (nSPS) is 15.3. The van der Waals surface area contributed by atoms with Gasteiger partial charge in [-0.3, -0.25) is 9.10 Å². The molecular formula is C18H27N3O5S. The van der Waals surface area contributed by atoms with E-state index in [0.717, 1.165) is 16.1 Å². The Morgan fingerprint density at radius 3 is 2.33 bits per heavy atom. The van der Waals surface area contributed by atoms with Gasteiger partial charge in [0.15, 0.2) is 0 Å². The maximum atomic E-state index is 12.4. The van der Waals surface area contributed by atoms with Gasteiger partial charge in [-0.15, -0.1) is 0 Å². The van der Waals surface area contributed by atoms with Crippen molar-refractivity contribution in [2.24, 2.45) is 0 Å². The fourth-order valence-electron chi connectivity index (χ4n) is 2.94. The molecule has 1 aromatic rings. The molecule has 1 fully saturated rings.